The molecule has 1 atom stereocenters. The number of benzene rings is 1. The SMILES string of the molecule is Nc1ccsc1C([Se]c1ccccc1)c1cccs1. The number of thiophene rings is 2. The van der Waals surface area contributed by atoms with Crippen LogP contribution in [-0.2, 0) is 0 Å². The van der Waals surface area contributed by atoms with E-state index in [0.717, 1.165) is 5.69 Å². The maximum atomic E-state index is 6.13. The Morgan fingerprint density at radius 1 is 0.895 bits per heavy atom. The van der Waals surface area contributed by atoms with E-state index >= 15 is 0 Å². The molecule has 0 saturated heterocycles. The van der Waals surface area contributed by atoms with Crippen LogP contribution in [0.1, 0.15) is 14.6 Å². The van der Waals surface area contributed by atoms with E-state index in [2.05, 4.69) is 53.2 Å². The molecule has 0 fully saturated rings. The van der Waals surface area contributed by atoms with Gasteiger partial charge in [-0.05, 0) is 0 Å². The van der Waals surface area contributed by atoms with Gasteiger partial charge in [-0.2, -0.15) is 0 Å². The fraction of sp³-hybridized carbons (Fsp3) is 0.0667. The van der Waals surface area contributed by atoms with Crippen LogP contribution in [0.2, 0.25) is 0 Å². The third-order valence-electron chi connectivity index (χ3n) is 2.76. The molecule has 0 spiro atoms. The summed E-state index contributed by atoms with van der Waals surface area (Å²) >= 11 is 3.96. The Kier molecular flexibility index (Phi) is 4.04. The second-order valence-electron chi connectivity index (χ2n) is 4.07. The van der Waals surface area contributed by atoms with Crippen molar-refractivity contribution in [3.05, 3.63) is 69.0 Å². The molecular weight excluding hydrogens is 337 g/mol. The predicted octanol–water partition coefficient (Wildman–Crippen LogP) is 3.51. The second-order valence-corrected chi connectivity index (χ2v) is 8.47. The molecule has 0 saturated carbocycles. The van der Waals surface area contributed by atoms with Crippen LogP contribution >= 0.6 is 22.7 Å². The summed E-state index contributed by atoms with van der Waals surface area (Å²) in [6.07, 6.45) is 0. The second kappa shape index (κ2) is 5.93. The third kappa shape index (κ3) is 2.93. The van der Waals surface area contributed by atoms with Gasteiger partial charge < -0.3 is 0 Å². The average Bonchev–Trinajstić information content (AvgIpc) is 3.09. The van der Waals surface area contributed by atoms with Gasteiger partial charge in [0.25, 0.3) is 0 Å². The molecule has 2 N–H and O–H groups in total. The van der Waals surface area contributed by atoms with Crippen LogP contribution in [0.3, 0.4) is 0 Å². The molecular formula is C15H13NS2Se. The van der Waals surface area contributed by atoms with Gasteiger partial charge in [-0.25, -0.2) is 0 Å². The first-order valence-electron chi connectivity index (χ1n) is 5.92. The van der Waals surface area contributed by atoms with Gasteiger partial charge in [-0.3, -0.25) is 0 Å². The van der Waals surface area contributed by atoms with Crippen LogP contribution < -0.4 is 10.2 Å². The molecule has 96 valence electrons. The summed E-state index contributed by atoms with van der Waals surface area (Å²) in [7, 11) is 0. The van der Waals surface area contributed by atoms with Crippen LogP contribution in [0.4, 0.5) is 5.69 Å². The van der Waals surface area contributed by atoms with Gasteiger partial charge in [-0.1, -0.05) is 0 Å². The van der Waals surface area contributed by atoms with E-state index in [1.54, 1.807) is 11.3 Å². The van der Waals surface area contributed by atoms with Gasteiger partial charge in [0.1, 0.15) is 0 Å². The van der Waals surface area contributed by atoms with Crippen LogP contribution in [0, 0.1) is 0 Å². The van der Waals surface area contributed by atoms with Gasteiger partial charge in [0, 0.05) is 0 Å². The molecule has 2 heterocycles. The monoisotopic (exact) mass is 351 g/mol. The molecule has 19 heavy (non-hydrogen) atoms. The van der Waals surface area contributed by atoms with Gasteiger partial charge in [0.2, 0.25) is 0 Å². The molecule has 3 aromatic rings. The first-order chi connectivity index (χ1) is 9.34. The third-order valence-corrected chi connectivity index (χ3v) is 8.04. The zero-order valence-corrected chi connectivity index (χ0v) is 13.5. The molecule has 1 unspecified atom stereocenters. The van der Waals surface area contributed by atoms with Crippen molar-refractivity contribution in [3.8, 4) is 0 Å². The molecule has 3 rings (SSSR count). The Labute approximate surface area is 127 Å². The number of rotatable bonds is 4. The predicted molar refractivity (Wildman–Crippen MR) is 86.7 cm³/mol. The minimum absolute atomic E-state index is 0.366. The molecule has 1 aromatic carbocycles. The van der Waals surface area contributed by atoms with Crippen molar-refractivity contribution in [2.45, 2.75) is 4.82 Å². The Hall–Kier alpha value is -1.06. The van der Waals surface area contributed by atoms with Crippen LogP contribution in [0.5, 0.6) is 0 Å². The Balaban J connectivity index is 1.96. The summed E-state index contributed by atoms with van der Waals surface area (Å²) in [6.45, 7) is 0. The number of anilines is 1. The fourth-order valence-corrected chi connectivity index (χ4v) is 6.81. The summed E-state index contributed by atoms with van der Waals surface area (Å²) < 4.78 is 1.42. The van der Waals surface area contributed by atoms with Gasteiger partial charge >= 0.3 is 127 Å². The van der Waals surface area contributed by atoms with Crippen molar-refractivity contribution in [2.75, 3.05) is 5.73 Å². The van der Waals surface area contributed by atoms with E-state index in [1.165, 1.54) is 14.2 Å². The van der Waals surface area contributed by atoms with E-state index in [-0.39, 0.29) is 0 Å². The summed E-state index contributed by atoms with van der Waals surface area (Å²) in [5.74, 6) is 0. The van der Waals surface area contributed by atoms with Crippen molar-refractivity contribution in [3.63, 3.8) is 0 Å². The minimum atomic E-state index is 0.366. The van der Waals surface area contributed by atoms with Crippen molar-refractivity contribution in [1.82, 2.24) is 0 Å². The summed E-state index contributed by atoms with van der Waals surface area (Å²) in [5.41, 5.74) is 7.06. The molecule has 0 bridgehead atoms. The van der Waals surface area contributed by atoms with E-state index < -0.39 is 0 Å². The van der Waals surface area contributed by atoms with E-state index in [0.29, 0.717) is 19.8 Å². The Bertz CT molecular complexity index is 631. The standard InChI is InChI=1S/C15H13NS2Se/c16-12-8-10-18-14(12)15(13-7-4-9-17-13)19-11-5-2-1-3-6-11/h1-10,15H,16H2. The zero-order valence-electron chi connectivity index (χ0n) is 10.2. The number of hydrogen-bond acceptors (Lipinski definition) is 3. The number of nitrogen functional groups attached to an aromatic ring is 1. The fourth-order valence-electron chi connectivity index (χ4n) is 1.86. The molecule has 0 amide bonds. The quantitative estimate of drug-likeness (QED) is 0.716. The van der Waals surface area contributed by atoms with Crippen LogP contribution in [0.25, 0.3) is 0 Å². The van der Waals surface area contributed by atoms with Crippen LogP contribution in [-0.4, -0.2) is 15.0 Å². The summed E-state index contributed by atoms with van der Waals surface area (Å²) in [4.78, 5) is 3.17. The molecule has 0 aliphatic heterocycles. The van der Waals surface area contributed by atoms with Crippen molar-refractivity contribution < 1.29 is 0 Å². The van der Waals surface area contributed by atoms with Crippen molar-refractivity contribution in [1.29, 1.82) is 0 Å². The number of nitrogens with two attached hydrogens (primary N) is 1. The molecule has 2 aromatic heterocycles. The Morgan fingerprint density at radius 3 is 2.37 bits per heavy atom. The topological polar surface area (TPSA) is 26.0 Å². The van der Waals surface area contributed by atoms with Crippen molar-refractivity contribution >= 4 is 47.8 Å². The zero-order chi connectivity index (χ0) is 13.1. The average molecular weight is 350 g/mol. The van der Waals surface area contributed by atoms with Gasteiger partial charge in [-0.15, -0.1) is 0 Å². The summed E-state index contributed by atoms with van der Waals surface area (Å²) in [5, 5.41) is 4.24. The van der Waals surface area contributed by atoms with Gasteiger partial charge in [0.15, 0.2) is 0 Å². The first kappa shape index (κ1) is 12.9. The first-order valence-corrected chi connectivity index (χ1v) is 9.53. The number of hydrogen-bond donors (Lipinski definition) is 1. The molecule has 1 nitrogen and oxygen atoms in total. The van der Waals surface area contributed by atoms with E-state index in [1.807, 2.05) is 17.4 Å². The van der Waals surface area contributed by atoms with Gasteiger partial charge in [0.05, 0.1) is 0 Å². The van der Waals surface area contributed by atoms with Crippen LogP contribution in [0.15, 0.2) is 59.3 Å². The van der Waals surface area contributed by atoms with E-state index in [4.69, 9.17) is 5.73 Å². The molecule has 0 radical (unpaired) electrons. The normalized spacial score (nSPS) is 12.4. The van der Waals surface area contributed by atoms with Crippen molar-refractivity contribution in [2.24, 2.45) is 0 Å². The Morgan fingerprint density at radius 2 is 1.74 bits per heavy atom. The summed E-state index contributed by atoms with van der Waals surface area (Å²) in [6, 6.07) is 17.1. The van der Waals surface area contributed by atoms with E-state index in [9.17, 15) is 0 Å². The molecule has 0 aliphatic rings. The maximum absolute atomic E-state index is 6.13. The molecule has 0 aliphatic carbocycles. The molecule has 4 heteroatoms.